The number of sulfonamides is 1. The number of hydrogen-bond acceptors (Lipinski definition) is 4. The summed E-state index contributed by atoms with van der Waals surface area (Å²) in [4.78, 5) is 13.2. The van der Waals surface area contributed by atoms with E-state index in [1.807, 2.05) is 18.2 Å². The average Bonchev–Trinajstić information content (AvgIpc) is 2.68. The Labute approximate surface area is 164 Å². The molecule has 1 heterocycles. The summed E-state index contributed by atoms with van der Waals surface area (Å²) in [6, 6.07) is 13.7. The van der Waals surface area contributed by atoms with Gasteiger partial charge in [-0.05, 0) is 30.3 Å². The van der Waals surface area contributed by atoms with E-state index in [9.17, 15) is 13.2 Å². The molecule has 1 saturated heterocycles. The van der Waals surface area contributed by atoms with E-state index in [1.54, 1.807) is 24.3 Å². The molecule has 144 valence electrons. The van der Waals surface area contributed by atoms with E-state index in [4.69, 9.17) is 16.3 Å². The number of carbonyl (C=O) groups is 1. The largest absolute Gasteiger partial charge is 0.465 e. The third-order valence-corrected chi connectivity index (χ3v) is 6.80. The summed E-state index contributed by atoms with van der Waals surface area (Å²) in [6.07, 6.45) is 0. The minimum Gasteiger partial charge on any atom is -0.465 e. The zero-order chi connectivity index (χ0) is 19.4. The summed E-state index contributed by atoms with van der Waals surface area (Å²) in [5, 5.41) is 0.408. The molecule has 0 amide bonds. The summed E-state index contributed by atoms with van der Waals surface area (Å²) in [6.45, 7) is 3.02. The Balaban J connectivity index is 1.63. The van der Waals surface area contributed by atoms with Crippen molar-refractivity contribution in [2.45, 2.75) is 11.4 Å². The van der Waals surface area contributed by atoms with Crippen LogP contribution in [0.5, 0.6) is 0 Å². The molecule has 1 aliphatic rings. The van der Waals surface area contributed by atoms with Gasteiger partial charge in [0.1, 0.15) is 6.54 Å². The highest BCUT2D eigenvalue weighted by Crippen LogP contribution is 2.19. The highest BCUT2D eigenvalue weighted by atomic mass is 35.5. The third-order valence-electron chi connectivity index (χ3n) is 4.67. The fourth-order valence-corrected chi connectivity index (χ4v) is 4.95. The topological polar surface area (TPSA) is 68.1 Å². The second-order valence-electron chi connectivity index (χ2n) is 6.48. The van der Waals surface area contributed by atoms with Crippen LogP contribution >= 0.6 is 11.6 Å². The van der Waals surface area contributed by atoms with Gasteiger partial charge in [-0.3, -0.25) is 0 Å². The molecule has 1 fully saturated rings. The minimum absolute atomic E-state index is 0.226. The molecule has 0 radical (unpaired) electrons. The Morgan fingerprint density at radius 3 is 2.52 bits per heavy atom. The lowest BCUT2D eigenvalue weighted by molar-refractivity contribution is -0.917. The second-order valence-corrected chi connectivity index (χ2v) is 8.85. The van der Waals surface area contributed by atoms with Crippen LogP contribution in [-0.2, 0) is 21.3 Å². The van der Waals surface area contributed by atoms with Crippen LogP contribution in [0.3, 0.4) is 0 Å². The SMILES string of the molecule is COC(=O)c1cccc(C[NH+]2CCN(S(=O)(=O)c3cccc(Cl)c3)CC2)c1. The normalized spacial score (nSPS) is 16.2. The number of benzene rings is 2. The quantitative estimate of drug-likeness (QED) is 0.754. The van der Waals surface area contributed by atoms with Gasteiger partial charge in [-0.2, -0.15) is 4.31 Å². The van der Waals surface area contributed by atoms with Gasteiger partial charge in [0.2, 0.25) is 10.0 Å². The van der Waals surface area contributed by atoms with Gasteiger partial charge in [0.25, 0.3) is 0 Å². The lowest BCUT2D eigenvalue weighted by Crippen LogP contribution is -3.13. The van der Waals surface area contributed by atoms with Crippen LogP contribution in [0.1, 0.15) is 15.9 Å². The average molecular weight is 410 g/mol. The van der Waals surface area contributed by atoms with E-state index < -0.39 is 10.0 Å². The Bertz CT molecular complexity index is 925. The zero-order valence-electron chi connectivity index (χ0n) is 15.0. The van der Waals surface area contributed by atoms with E-state index in [0.29, 0.717) is 36.8 Å². The van der Waals surface area contributed by atoms with Gasteiger partial charge in [0, 0.05) is 10.6 Å². The molecule has 0 unspecified atom stereocenters. The summed E-state index contributed by atoms with van der Waals surface area (Å²) in [7, 11) is -2.17. The fraction of sp³-hybridized carbons (Fsp3) is 0.316. The molecule has 0 aliphatic carbocycles. The van der Waals surface area contributed by atoms with E-state index in [2.05, 4.69) is 0 Å². The van der Waals surface area contributed by atoms with Crippen molar-refractivity contribution in [2.24, 2.45) is 0 Å². The fourth-order valence-electron chi connectivity index (χ4n) is 3.21. The molecule has 1 aliphatic heterocycles. The molecule has 0 atom stereocenters. The van der Waals surface area contributed by atoms with Crippen molar-refractivity contribution in [3.8, 4) is 0 Å². The number of methoxy groups -OCH3 is 1. The lowest BCUT2D eigenvalue weighted by atomic mass is 10.1. The summed E-state index contributed by atoms with van der Waals surface area (Å²) < 4.78 is 31.8. The van der Waals surface area contributed by atoms with Crippen LogP contribution in [-0.4, -0.2) is 52.0 Å². The van der Waals surface area contributed by atoms with Crippen molar-refractivity contribution in [1.82, 2.24) is 4.31 Å². The first-order valence-electron chi connectivity index (χ1n) is 8.66. The molecule has 0 spiro atoms. The van der Waals surface area contributed by atoms with Gasteiger partial charge in [0.05, 0.1) is 43.7 Å². The number of halogens is 1. The Hall–Kier alpha value is -1.93. The van der Waals surface area contributed by atoms with Crippen molar-refractivity contribution in [3.63, 3.8) is 0 Å². The maximum atomic E-state index is 12.8. The molecule has 0 saturated carbocycles. The molecule has 6 nitrogen and oxygen atoms in total. The van der Waals surface area contributed by atoms with Gasteiger partial charge >= 0.3 is 5.97 Å². The van der Waals surface area contributed by atoms with Gasteiger partial charge in [0.15, 0.2) is 0 Å². The number of quaternary nitrogens is 1. The number of nitrogens with zero attached hydrogens (tertiary/aromatic N) is 1. The lowest BCUT2D eigenvalue weighted by Gasteiger charge is -2.31. The highest BCUT2D eigenvalue weighted by molar-refractivity contribution is 7.89. The van der Waals surface area contributed by atoms with E-state index >= 15 is 0 Å². The number of hydrogen-bond donors (Lipinski definition) is 1. The number of carbonyl (C=O) groups excluding carboxylic acids is 1. The maximum absolute atomic E-state index is 12.8. The van der Waals surface area contributed by atoms with Crippen molar-refractivity contribution in [2.75, 3.05) is 33.3 Å². The molecular weight excluding hydrogens is 388 g/mol. The smallest absolute Gasteiger partial charge is 0.337 e. The molecule has 0 bridgehead atoms. The summed E-state index contributed by atoms with van der Waals surface area (Å²) >= 11 is 5.93. The molecule has 8 heteroatoms. The predicted molar refractivity (Wildman–Crippen MR) is 102 cm³/mol. The summed E-state index contributed by atoms with van der Waals surface area (Å²) in [5.74, 6) is -0.357. The van der Waals surface area contributed by atoms with Crippen LogP contribution in [0, 0.1) is 0 Å². The number of esters is 1. The maximum Gasteiger partial charge on any atom is 0.337 e. The number of piperazine rings is 1. The van der Waals surface area contributed by atoms with Crippen LogP contribution in [0.2, 0.25) is 5.02 Å². The monoisotopic (exact) mass is 409 g/mol. The van der Waals surface area contributed by atoms with Gasteiger partial charge in [-0.25, -0.2) is 13.2 Å². The Morgan fingerprint density at radius 1 is 1.15 bits per heavy atom. The highest BCUT2D eigenvalue weighted by Gasteiger charge is 2.30. The second kappa shape index (κ2) is 8.39. The van der Waals surface area contributed by atoms with Crippen molar-refractivity contribution in [1.29, 1.82) is 0 Å². The van der Waals surface area contributed by atoms with Crippen molar-refractivity contribution >= 4 is 27.6 Å². The van der Waals surface area contributed by atoms with Gasteiger partial charge < -0.3 is 9.64 Å². The number of nitrogens with one attached hydrogen (secondary N) is 1. The third kappa shape index (κ3) is 4.68. The standard InChI is InChI=1S/C19H21ClN2O4S/c1-26-19(23)16-5-2-4-15(12-16)14-21-8-10-22(11-9-21)27(24,25)18-7-3-6-17(20)13-18/h2-7,12-13H,8-11,14H2,1H3/p+1. The van der Waals surface area contributed by atoms with Crippen molar-refractivity contribution < 1.29 is 22.8 Å². The van der Waals surface area contributed by atoms with Gasteiger partial charge in [-0.1, -0.05) is 29.8 Å². The van der Waals surface area contributed by atoms with E-state index in [0.717, 1.165) is 12.1 Å². The molecule has 2 aromatic rings. The Kier molecular flexibility index (Phi) is 6.16. The molecule has 1 N–H and O–H groups in total. The number of rotatable bonds is 5. The molecule has 0 aromatic heterocycles. The van der Waals surface area contributed by atoms with Crippen LogP contribution in [0.25, 0.3) is 0 Å². The van der Waals surface area contributed by atoms with Crippen LogP contribution in [0.4, 0.5) is 0 Å². The number of ether oxygens (including phenoxy) is 1. The van der Waals surface area contributed by atoms with E-state index in [-0.39, 0.29) is 10.9 Å². The molecule has 2 aromatic carbocycles. The minimum atomic E-state index is -3.53. The first-order chi connectivity index (χ1) is 12.9. The molecule has 3 rings (SSSR count). The van der Waals surface area contributed by atoms with Crippen LogP contribution in [0.15, 0.2) is 53.4 Å². The van der Waals surface area contributed by atoms with E-state index in [1.165, 1.54) is 22.4 Å². The predicted octanol–water partition coefficient (Wildman–Crippen LogP) is 1.22. The van der Waals surface area contributed by atoms with Crippen LogP contribution < -0.4 is 4.90 Å². The molecule has 27 heavy (non-hydrogen) atoms. The Morgan fingerprint density at radius 2 is 1.85 bits per heavy atom. The van der Waals surface area contributed by atoms with Crippen molar-refractivity contribution in [3.05, 3.63) is 64.7 Å². The molecular formula is C19H22ClN2O4S+. The summed E-state index contributed by atoms with van der Waals surface area (Å²) in [5.41, 5.74) is 1.55. The zero-order valence-corrected chi connectivity index (χ0v) is 16.6. The first-order valence-corrected chi connectivity index (χ1v) is 10.5. The van der Waals surface area contributed by atoms with Gasteiger partial charge in [-0.15, -0.1) is 0 Å². The first kappa shape index (κ1) is 19.8.